The second-order valence-corrected chi connectivity index (χ2v) is 8.44. The fourth-order valence-electron chi connectivity index (χ4n) is 3.88. The van der Waals surface area contributed by atoms with Crippen LogP contribution >= 0.6 is 0 Å². The smallest absolute Gasteiger partial charge is 0.261 e. The number of nitrogens with zero attached hydrogens (tertiary/aromatic N) is 2. The molecule has 0 saturated heterocycles. The van der Waals surface area contributed by atoms with Crippen molar-refractivity contribution in [2.45, 2.75) is 31.8 Å². The second kappa shape index (κ2) is 11.4. The van der Waals surface area contributed by atoms with Crippen molar-refractivity contribution in [3.8, 4) is 0 Å². The predicted octanol–water partition coefficient (Wildman–Crippen LogP) is 2.55. The van der Waals surface area contributed by atoms with Crippen LogP contribution in [-0.4, -0.2) is 60.9 Å². The van der Waals surface area contributed by atoms with Gasteiger partial charge in [0.25, 0.3) is 5.91 Å². The number of hydrogen-bond acceptors (Lipinski definition) is 4. The molecule has 2 N–H and O–H groups in total. The van der Waals surface area contributed by atoms with Crippen molar-refractivity contribution in [1.29, 1.82) is 0 Å². The summed E-state index contributed by atoms with van der Waals surface area (Å²) in [5.41, 5.74) is 4.54. The molecular formula is C27H32N4O3. The van der Waals surface area contributed by atoms with E-state index in [1.54, 1.807) is 14.1 Å². The van der Waals surface area contributed by atoms with Gasteiger partial charge >= 0.3 is 0 Å². The molecule has 3 rings (SSSR count). The Bertz CT molecular complexity index is 1150. The summed E-state index contributed by atoms with van der Waals surface area (Å²) >= 11 is 0. The minimum Gasteiger partial charge on any atom is -0.332 e. The number of carbonyl (C=O) groups excluding carboxylic acids is 3. The van der Waals surface area contributed by atoms with Crippen LogP contribution in [0, 0.1) is 0 Å². The van der Waals surface area contributed by atoms with Gasteiger partial charge < -0.3 is 10.2 Å². The topological polar surface area (TPSA) is 81.8 Å². The van der Waals surface area contributed by atoms with Gasteiger partial charge in [-0.3, -0.25) is 24.8 Å². The molecule has 3 aromatic carbocycles. The third-order valence-corrected chi connectivity index (χ3v) is 6.04. The molecule has 0 aliphatic rings. The van der Waals surface area contributed by atoms with Gasteiger partial charge in [-0.2, -0.15) is 0 Å². The number of carbonyl (C=O) groups is 3. The van der Waals surface area contributed by atoms with Crippen LogP contribution < -0.4 is 10.7 Å². The van der Waals surface area contributed by atoms with Gasteiger partial charge in [0.05, 0.1) is 6.04 Å². The Morgan fingerprint density at radius 2 is 1.47 bits per heavy atom. The van der Waals surface area contributed by atoms with Crippen LogP contribution in [0.5, 0.6) is 0 Å². The van der Waals surface area contributed by atoms with E-state index in [4.69, 9.17) is 0 Å². The Hall–Kier alpha value is -3.71. The molecule has 0 unspecified atom stereocenters. The van der Waals surface area contributed by atoms with Gasteiger partial charge in [-0.15, -0.1) is 0 Å². The summed E-state index contributed by atoms with van der Waals surface area (Å²) in [6, 6.07) is 22.5. The molecule has 0 spiro atoms. The molecule has 34 heavy (non-hydrogen) atoms. The van der Waals surface area contributed by atoms with E-state index < -0.39 is 18.0 Å². The number of nitrogens with one attached hydrogen (secondary N) is 2. The summed E-state index contributed by atoms with van der Waals surface area (Å²) in [6.45, 7) is 1.36. The van der Waals surface area contributed by atoms with E-state index >= 15 is 0 Å². The average molecular weight is 461 g/mol. The van der Waals surface area contributed by atoms with Crippen molar-refractivity contribution in [3.05, 3.63) is 83.9 Å². The standard InChI is InChI=1S/C27H32N4O3/c1-19(32)31(4)29-26(33)25(18-20-10-6-5-7-11-20)30(3)27(34)24(28-2)17-21-14-15-22-12-8-9-13-23(22)16-21/h5-16,24-25,28H,17-18H2,1-4H3,(H,29,33)/t24-,25-/m1/s1. The molecule has 0 aliphatic carbocycles. The monoisotopic (exact) mass is 460 g/mol. The van der Waals surface area contributed by atoms with Gasteiger partial charge in [0, 0.05) is 27.4 Å². The molecule has 0 saturated carbocycles. The normalized spacial score (nSPS) is 12.6. The molecule has 3 aromatic rings. The van der Waals surface area contributed by atoms with Crippen LogP contribution in [0.25, 0.3) is 10.8 Å². The number of hydrogen-bond donors (Lipinski definition) is 2. The van der Waals surface area contributed by atoms with Gasteiger partial charge in [-0.1, -0.05) is 72.8 Å². The summed E-state index contributed by atoms with van der Waals surface area (Å²) in [5.74, 6) is -0.916. The van der Waals surface area contributed by atoms with E-state index in [9.17, 15) is 14.4 Å². The highest BCUT2D eigenvalue weighted by Gasteiger charge is 2.31. The number of fused-ring (bicyclic) bond motifs is 1. The van der Waals surface area contributed by atoms with E-state index in [0.717, 1.165) is 26.9 Å². The van der Waals surface area contributed by atoms with Crippen LogP contribution in [0.4, 0.5) is 0 Å². The van der Waals surface area contributed by atoms with E-state index in [1.165, 1.54) is 18.9 Å². The van der Waals surface area contributed by atoms with Crippen LogP contribution in [0.2, 0.25) is 0 Å². The third-order valence-electron chi connectivity index (χ3n) is 6.04. The maximum Gasteiger partial charge on any atom is 0.261 e. The lowest BCUT2D eigenvalue weighted by atomic mass is 9.99. The molecule has 7 nitrogen and oxygen atoms in total. The van der Waals surface area contributed by atoms with Crippen LogP contribution in [0.15, 0.2) is 72.8 Å². The van der Waals surface area contributed by atoms with Crippen molar-refractivity contribution < 1.29 is 14.4 Å². The van der Waals surface area contributed by atoms with Gasteiger partial charge in [-0.25, -0.2) is 0 Å². The van der Waals surface area contributed by atoms with Crippen LogP contribution in [0.1, 0.15) is 18.1 Å². The Labute approximate surface area is 200 Å². The molecule has 7 heteroatoms. The van der Waals surface area contributed by atoms with Gasteiger partial charge in [-0.05, 0) is 35.4 Å². The molecule has 0 heterocycles. The average Bonchev–Trinajstić information content (AvgIpc) is 2.85. The van der Waals surface area contributed by atoms with E-state index in [1.807, 2.05) is 54.6 Å². The summed E-state index contributed by atoms with van der Waals surface area (Å²) in [5, 5.41) is 6.50. The number of hydrazine groups is 1. The van der Waals surface area contributed by atoms with Crippen molar-refractivity contribution in [2.75, 3.05) is 21.1 Å². The highest BCUT2D eigenvalue weighted by atomic mass is 16.2. The Morgan fingerprint density at radius 1 is 0.824 bits per heavy atom. The fraction of sp³-hybridized carbons (Fsp3) is 0.296. The van der Waals surface area contributed by atoms with Gasteiger partial charge in [0.2, 0.25) is 11.8 Å². The molecule has 0 aliphatic heterocycles. The summed E-state index contributed by atoms with van der Waals surface area (Å²) in [4.78, 5) is 39.7. The largest absolute Gasteiger partial charge is 0.332 e. The molecular weight excluding hydrogens is 428 g/mol. The third kappa shape index (κ3) is 6.20. The molecule has 0 aromatic heterocycles. The molecule has 0 fully saturated rings. The quantitative estimate of drug-likeness (QED) is 0.506. The first-order valence-electron chi connectivity index (χ1n) is 11.3. The van der Waals surface area contributed by atoms with Gasteiger partial charge in [0.1, 0.15) is 6.04 Å². The van der Waals surface area contributed by atoms with Crippen LogP contribution in [-0.2, 0) is 27.2 Å². The van der Waals surface area contributed by atoms with Crippen molar-refractivity contribution >= 4 is 28.5 Å². The minimum absolute atomic E-state index is 0.197. The maximum atomic E-state index is 13.5. The maximum absolute atomic E-state index is 13.5. The zero-order valence-corrected chi connectivity index (χ0v) is 20.1. The number of benzene rings is 3. The van der Waals surface area contributed by atoms with E-state index in [2.05, 4.69) is 28.9 Å². The lowest BCUT2D eigenvalue weighted by Gasteiger charge is -2.32. The SMILES string of the molecule is CN[C@H](Cc1ccc2ccccc2c1)C(=O)N(C)[C@H](Cc1ccccc1)C(=O)NN(C)C(C)=O. The van der Waals surface area contributed by atoms with E-state index in [0.29, 0.717) is 12.8 Å². The fourth-order valence-corrected chi connectivity index (χ4v) is 3.88. The summed E-state index contributed by atoms with van der Waals surface area (Å²) in [6.07, 6.45) is 0.810. The molecule has 178 valence electrons. The highest BCUT2D eigenvalue weighted by Crippen LogP contribution is 2.18. The van der Waals surface area contributed by atoms with Crippen molar-refractivity contribution in [3.63, 3.8) is 0 Å². The predicted molar refractivity (Wildman–Crippen MR) is 134 cm³/mol. The zero-order valence-electron chi connectivity index (χ0n) is 20.1. The molecule has 0 radical (unpaired) electrons. The number of amides is 3. The van der Waals surface area contributed by atoms with Crippen molar-refractivity contribution in [2.24, 2.45) is 0 Å². The molecule has 2 atom stereocenters. The first kappa shape index (κ1) is 24.9. The van der Waals surface area contributed by atoms with Crippen molar-refractivity contribution in [1.82, 2.24) is 20.7 Å². The lowest BCUT2D eigenvalue weighted by Crippen LogP contribution is -2.57. The lowest BCUT2D eigenvalue weighted by molar-refractivity contribution is -0.145. The molecule has 3 amide bonds. The summed E-state index contributed by atoms with van der Waals surface area (Å²) in [7, 11) is 4.86. The van der Waals surface area contributed by atoms with Gasteiger partial charge in [0.15, 0.2) is 0 Å². The number of rotatable bonds is 8. The van der Waals surface area contributed by atoms with Crippen LogP contribution in [0.3, 0.4) is 0 Å². The zero-order chi connectivity index (χ0) is 24.7. The summed E-state index contributed by atoms with van der Waals surface area (Å²) < 4.78 is 0. The second-order valence-electron chi connectivity index (χ2n) is 8.44. The Morgan fingerprint density at radius 3 is 2.12 bits per heavy atom. The Kier molecular flexibility index (Phi) is 8.38. The first-order chi connectivity index (χ1) is 16.3. The molecule has 0 bridgehead atoms. The number of likely N-dealkylation sites (N-methyl/N-ethyl adjacent to an activating group) is 2. The first-order valence-corrected chi connectivity index (χ1v) is 11.3. The van der Waals surface area contributed by atoms with E-state index in [-0.39, 0.29) is 11.8 Å². The Balaban J connectivity index is 1.81. The minimum atomic E-state index is -0.788. The highest BCUT2D eigenvalue weighted by molar-refractivity contribution is 5.91.